The van der Waals surface area contributed by atoms with Gasteiger partial charge in [0.1, 0.15) is 0 Å². The summed E-state index contributed by atoms with van der Waals surface area (Å²) in [7, 11) is 0. The lowest BCUT2D eigenvalue weighted by Gasteiger charge is -2.25. The van der Waals surface area contributed by atoms with Crippen LogP contribution in [0.4, 0.5) is 0 Å². The minimum Gasteiger partial charge on any atom is -0.378 e. The summed E-state index contributed by atoms with van der Waals surface area (Å²) in [5.41, 5.74) is 2.35. The predicted octanol–water partition coefficient (Wildman–Crippen LogP) is 2.13. The van der Waals surface area contributed by atoms with E-state index in [0.717, 1.165) is 11.9 Å². The zero-order valence-corrected chi connectivity index (χ0v) is 11.3. The number of morpholine rings is 1. The van der Waals surface area contributed by atoms with Crippen molar-refractivity contribution in [1.82, 2.24) is 9.88 Å². The minimum absolute atomic E-state index is 0.0770. The number of nitrogens with one attached hydrogen (secondary N) is 1. The Morgan fingerprint density at radius 1 is 1.30 bits per heavy atom. The molecule has 20 heavy (non-hydrogen) atoms. The van der Waals surface area contributed by atoms with Gasteiger partial charge in [-0.3, -0.25) is 4.79 Å². The molecule has 1 aliphatic rings. The van der Waals surface area contributed by atoms with Gasteiger partial charge in [0.2, 0.25) is 5.91 Å². The largest absolute Gasteiger partial charge is 0.378 e. The van der Waals surface area contributed by atoms with E-state index in [9.17, 15) is 4.79 Å². The van der Waals surface area contributed by atoms with Crippen LogP contribution in [-0.4, -0.2) is 42.1 Å². The van der Waals surface area contributed by atoms with Gasteiger partial charge in [0.05, 0.1) is 13.2 Å². The maximum absolute atomic E-state index is 12.0. The maximum Gasteiger partial charge on any atom is 0.246 e. The van der Waals surface area contributed by atoms with Gasteiger partial charge in [0.15, 0.2) is 0 Å². The van der Waals surface area contributed by atoms with Crippen LogP contribution in [0.25, 0.3) is 10.9 Å². The van der Waals surface area contributed by atoms with Gasteiger partial charge in [-0.1, -0.05) is 24.3 Å². The zero-order valence-electron chi connectivity index (χ0n) is 11.3. The van der Waals surface area contributed by atoms with E-state index in [-0.39, 0.29) is 5.91 Å². The van der Waals surface area contributed by atoms with Crippen molar-refractivity contribution in [2.24, 2.45) is 0 Å². The molecule has 0 saturated carbocycles. The standard InChI is InChI=1S/C16H18N2O2/c19-16(18-8-10-20-11-9-18)7-3-4-13-12-17-15-6-2-1-5-14(13)15/h1-3,5-7,12,17H,4,8-11H2/b7-3+. The molecule has 2 heterocycles. The molecule has 1 fully saturated rings. The summed E-state index contributed by atoms with van der Waals surface area (Å²) in [6.07, 6.45) is 6.38. The number of para-hydroxylation sites is 1. The second-order valence-electron chi connectivity index (χ2n) is 4.90. The van der Waals surface area contributed by atoms with Crippen LogP contribution in [0, 0.1) is 0 Å². The van der Waals surface area contributed by atoms with Gasteiger partial charge in [-0.15, -0.1) is 0 Å². The Bertz CT molecular complexity index is 624. The average Bonchev–Trinajstić information content (AvgIpc) is 2.92. The van der Waals surface area contributed by atoms with E-state index in [1.54, 1.807) is 6.08 Å². The number of fused-ring (bicyclic) bond motifs is 1. The Kier molecular flexibility index (Phi) is 3.83. The molecule has 0 unspecified atom stereocenters. The molecule has 1 N–H and O–H groups in total. The Hall–Kier alpha value is -2.07. The number of carbonyl (C=O) groups excluding carboxylic acids is 1. The van der Waals surface area contributed by atoms with Crippen LogP contribution in [0.1, 0.15) is 5.56 Å². The van der Waals surface area contributed by atoms with Crippen LogP contribution < -0.4 is 0 Å². The highest BCUT2D eigenvalue weighted by molar-refractivity contribution is 5.88. The molecule has 0 spiro atoms. The first-order valence-corrected chi connectivity index (χ1v) is 6.93. The van der Waals surface area contributed by atoms with Crippen molar-refractivity contribution in [3.05, 3.63) is 48.2 Å². The third kappa shape index (κ3) is 2.75. The van der Waals surface area contributed by atoms with Crippen LogP contribution in [0.2, 0.25) is 0 Å². The lowest BCUT2D eigenvalue weighted by atomic mass is 10.1. The monoisotopic (exact) mass is 270 g/mol. The molecule has 0 atom stereocenters. The minimum atomic E-state index is 0.0770. The molecule has 1 amide bonds. The lowest BCUT2D eigenvalue weighted by molar-refractivity contribution is -0.129. The first-order chi connectivity index (χ1) is 9.84. The van der Waals surface area contributed by atoms with Crippen molar-refractivity contribution in [2.45, 2.75) is 6.42 Å². The van der Waals surface area contributed by atoms with Crippen molar-refractivity contribution in [3.8, 4) is 0 Å². The number of hydrogen-bond acceptors (Lipinski definition) is 2. The number of rotatable bonds is 3. The molecule has 4 nitrogen and oxygen atoms in total. The molecule has 2 aromatic rings. The van der Waals surface area contributed by atoms with E-state index in [1.807, 2.05) is 29.3 Å². The van der Waals surface area contributed by atoms with Gasteiger partial charge in [-0.2, -0.15) is 0 Å². The summed E-state index contributed by atoms with van der Waals surface area (Å²) in [5, 5.41) is 1.22. The molecule has 1 aromatic heterocycles. The quantitative estimate of drug-likeness (QED) is 0.868. The van der Waals surface area contributed by atoms with Gasteiger partial charge in [0.25, 0.3) is 0 Å². The Morgan fingerprint density at radius 3 is 2.95 bits per heavy atom. The Morgan fingerprint density at radius 2 is 2.10 bits per heavy atom. The highest BCUT2D eigenvalue weighted by Gasteiger charge is 2.13. The van der Waals surface area contributed by atoms with E-state index in [1.165, 1.54) is 10.9 Å². The van der Waals surface area contributed by atoms with Crippen LogP contribution in [-0.2, 0) is 16.0 Å². The first kappa shape index (κ1) is 12.9. The Labute approximate surface area is 118 Å². The second kappa shape index (κ2) is 5.92. The molecule has 0 aliphatic carbocycles. The van der Waals surface area contributed by atoms with Gasteiger partial charge in [-0.25, -0.2) is 0 Å². The van der Waals surface area contributed by atoms with Gasteiger partial charge in [0, 0.05) is 30.2 Å². The normalized spacial score (nSPS) is 16.1. The third-order valence-corrected chi connectivity index (χ3v) is 3.60. The molecule has 0 bridgehead atoms. The van der Waals surface area contributed by atoms with Crippen molar-refractivity contribution < 1.29 is 9.53 Å². The highest BCUT2D eigenvalue weighted by Crippen LogP contribution is 2.18. The summed E-state index contributed by atoms with van der Waals surface area (Å²) < 4.78 is 5.24. The number of ether oxygens (including phenoxy) is 1. The number of benzene rings is 1. The van der Waals surface area contributed by atoms with Crippen LogP contribution in [0.3, 0.4) is 0 Å². The molecule has 1 aliphatic heterocycles. The second-order valence-corrected chi connectivity index (χ2v) is 4.90. The number of nitrogens with zero attached hydrogens (tertiary/aromatic N) is 1. The van der Waals surface area contributed by atoms with E-state index < -0.39 is 0 Å². The summed E-state index contributed by atoms with van der Waals surface area (Å²) in [4.78, 5) is 17.0. The van der Waals surface area contributed by atoms with E-state index >= 15 is 0 Å². The van der Waals surface area contributed by atoms with Crippen molar-refractivity contribution in [3.63, 3.8) is 0 Å². The fourth-order valence-corrected chi connectivity index (χ4v) is 2.48. The number of H-pyrrole nitrogens is 1. The smallest absolute Gasteiger partial charge is 0.246 e. The summed E-state index contributed by atoms with van der Waals surface area (Å²) >= 11 is 0. The number of amides is 1. The fourth-order valence-electron chi connectivity index (χ4n) is 2.48. The molecule has 3 rings (SSSR count). The fraction of sp³-hybridized carbons (Fsp3) is 0.312. The first-order valence-electron chi connectivity index (χ1n) is 6.93. The summed E-state index contributed by atoms with van der Waals surface area (Å²) in [6.45, 7) is 2.66. The number of hydrogen-bond donors (Lipinski definition) is 1. The van der Waals surface area contributed by atoms with Crippen LogP contribution >= 0.6 is 0 Å². The van der Waals surface area contributed by atoms with E-state index in [0.29, 0.717) is 26.3 Å². The molecule has 4 heteroatoms. The SMILES string of the molecule is O=C(/C=C/Cc1c[nH]c2ccccc12)N1CCOCC1. The Balaban J connectivity index is 1.63. The summed E-state index contributed by atoms with van der Waals surface area (Å²) in [6, 6.07) is 8.20. The molecule has 1 aromatic carbocycles. The van der Waals surface area contributed by atoms with Crippen molar-refractivity contribution >= 4 is 16.8 Å². The van der Waals surface area contributed by atoms with Crippen LogP contribution in [0.15, 0.2) is 42.6 Å². The van der Waals surface area contributed by atoms with Crippen molar-refractivity contribution in [2.75, 3.05) is 26.3 Å². The number of carbonyl (C=O) groups is 1. The predicted molar refractivity (Wildman–Crippen MR) is 78.5 cm³/mol. The van der Waals surface area contributed by atoms with Gasteiger partial charge < -0.3 is 14.6 Å². The number of aromatic amines is 1. The van der Waals surface area contributed by atoms with E-state index in [4.69, 9.17) is 4.74 Å². The van der Waals surface area contributed by atoms with Gasteiger partial charge in [-0.05, 0) is 24.1 Å². The maximum atomic E-state index is 12.0. The van der Waals surface area contributed by atoms with E-state index in [2.05, 4.69) is 17.1 Å². The van der Waals surface area contributed by atoms with Gasteiger partial charge >= 0.3 is 0 Å². The van der Waals surface area contributed by atoms with Crippen molar-refractivity contribution in [1.29, 1.82) is 0 Å². The summed E-state index contributed by atoms with van der Waals surface area (Å²) in [5.74, 6) is 0.0770. The van der Waals surface area contributed by atoms with Crippen LogP contribution in [0.5, 0.6) is 0 Å². The number of allylic oxidation sites excluding steroid dienone is 1. The zero-order chi connectivity index (χ0) is 13.8. The average molecular weight is 270 g/mol. The third-order valence-electron chi connectivity index (χ3n) is 3.60. The molecule has 104 valence electrons. The molecule has 1 saturated heterocycles. The molecule has 0 radical (unpaired) electrons. The molecular weight excluding hydrogens is 252 g/mol. The topological polar surface area (TPSA) is 45.3 Å². The lowest BCUT2D eigenvalue weighted by Crippen LogP contribution is -2.39. The number of aromatic nitrogens is 1. The highest BCUT2D eigenvalue weighted by atomic mass is 16.5. The molecular formula is C16H18N2O2.